The number of nitrogens with one attached hydrogen (secondary N) is 1. The largest absolute Gasteiger partial charge is 0.497 e. The highest BCUT2D eigenvalue weighted by atomic mass is 16.5. The molecule has 140 valence electrons. The second-order valence-electron chi connectivity index (χ2n) is 6.13. The van der Waals surface area contributed by atoms with Crippen LogP contribution in [0.4, 0.5) is 0 Å². The minimum absolute atomic E-state index is 0.123. The molecule has 0 saturated heterocycles. The number of aromatic nitrogens is 1. The highest BCUT2D eigenvalue weighted by Crippen LogP contribution is 2.31. The van der Waals surface area contributed by atoms with Gasteiger partial charge in [-0.15, -0.1) is 0 Å². The smallest absolute Gasteiger partial charge is 0.311 e. The number of aliphatic carboxylic acids is 1. The Kier molecular flexibility index (Phi) is 5.45. The number of benzene rings is 2. The number of hydrogen-bond acceptors (Lipinski definition) is 4. The number of carbonyl (C=O) groups excluding carboxylic acids is 1. The molecule has 3 rings (SSSR count). The molecule has 2 aromatic carbocycles. The van der Waals surface area contributed by atoms with Crippen LogP contribution < -0.4 is 9.47 Å². The summed E-state index contributed by atoms with van der Waals surface area (Å²) < 4.78 is 10.6. The summed E-state index contributed by atoms with van der Waals surface area (Å²) in [5, 5.41) is 10.5. The number of aromatic amines is 1. The molecule has 0 spiro atoms. The predicted octanol–water partition coefficient (Wildman–Crippen LogP) is 4.02. The van der Waals surface area contributed by atoms with Crippen LogP contribution in [0.2, 0.25) is 0 Å². The summed E-state index contributed by atoms with van der Waals surface area (Å²) in [6.45, 7) is 2.42. The Balaban J connectivity index is 1.86. The zero-order chi connectivity index (χ0) is 19.4. The predicted molar refractivity (Wildman–Crippen MR) is 102 cm³/mol. The molecule has 0 aliphatic carbocycles. The molecule has 0 radical (unpaired) electrons. The topological polar surface area (TPSA) is 88.6 Å². The van der Waals surface area contributed by atoms with Crippen LogP contribution in [0, 0.1) is 0 Å². The summed E-state index contributed by atoms with van der Waals surface area (Å²) in [5.41, 5.74) is 1.81. The Labute approximate surface area is 156 Å². The van der Waals surface area contributed by atoms with Crippen molar-refractivity contribution in [3.05, 3.63) is 59.8 Å². The highest BCUT2D eigenvalue weighted by Gasteiger charge is 2.26. The molecule has 1 unspecified atom stereocenters. The summed E-state index contributed by atoms with van der Waals surface area (Å²) >= 11 is 0. The minimum atomic E-state index is -1.04. The fourth-order valence-electron chi connectivity index (χ4n) is 3.08. The molecule has 1 heterocycles. The van der Waals surface area contributed by atoms with Crippen molar-refractivity contribution in [3.63, 3.8) is 0 Å². The van der Waals surface area contributed by atoms with E-state index in [9.17, 15) is 14.7 Å². The molecule has 1 atom stereocenters. The summed E-state index contributed by atoms with van der Waals surface area (Å²) in [5.74, 6) is -0.854. The third-order valence-corrected chi connectivity index (χ3v) is 4.47. The third kappa shape index (κ3) is 3.95. The molecule has 0 aliphatic rings. The van der Waals surface area contributed by atoms with Crippen LogP contribution >= 0.6 is 0 Å². The zero-order valence-corrected chi connectivity index (χ0v) is 15.2. The van der Waals surface area contributed by atoms with Crippen molar-refractivity contribution in [2.45, 2.75) is 19.3 Å². The molecule has 0 bridgehead atoms. The van der Waals surface area contributed by atoms with Gasteiger partial charge in [-0.25, -0.2) is 0 Å². The van der Waals surface area contributed by atoms with Crippen molar-refractivity contribution in [1.29, 1.82) is 0 Å². The van der Waals surface area contributed by atoms with Crippen molar-refractivity contribution in [2.24, 2.45) is 0 Å². The van der Waals surface area contributed by atoms with Crippen molar-refractivity contribution >= 4 is 22.7 Å². The number of methoxy groups -OCH3 is 1. The van der Waals surface area contributed by atoms with Gasteiger partial charge in [0.15, 0.2) is 5.78 Å². The van der Waals surface area contributed by atoms with Gasteiger partial charge in [-0.3, -0.25) is 9.59 Å². The van der Waals surface area contributed by atoms with E-state index in [4.69, 9.17) is 9.47 Å². The number of hydrogen-bond donors (Lipinski definition) is 2. The monoisotopic (exact) mass is 367 g/mol. The van der Waals surface area contributed by atoms with Crippen molar-refractivity contribution < 1.29 is 24.2 Å². The van der Waals surface area contributed by atoms with Crippen LogP contribution in [-0.4, -0.2) is 35.6 Å². The number of ether oxygens (including phenoxy) is 2. The lowest BCUT2D eigenvalue weighted by atomic mass is 9.91. The Morgan fingerprint density at radius 2 is 1.81 bits per heavy atom. The lowest BCUT2D eigenvalue weighted by Gasteiger charge is -2.12. The summed E-state index contributed by atoms with van der Waals surface area (Å²) in [6.07, 6.45) is 1.52. The van der Waals surface area contributed by atoms with Crippen molar-refractivity contribution in [1.82, 2.24) is 4.98 Å². The highest BCUT2D eigenvalue weighted by molar-refractivity contribution is 6.00. The van der Waals surface area contributed by atoms with Gasteiger partial charge in [0, 0.05) is 35.2 Å². The average Bonchev–Trinajstić information content (AvgIpc) is 3.09. The van der Waals surface area contributed by atoms with E-state index >= 15 is 0 Å². The standard InChI is InChI=1S/C21H21NO5/c1-3-27-14-6-4-13(5-7-14)20(23)11-17(21(24)25)18-12-22-19-10-15(26-2)8-9-16(18)19/h4-10,12,17,22H,3,11H2,1-2H3,(H,24,25). The van der Waals surface area contributed by atoms with Gasteiger partial charge in [0.1, 0.15) is 11.5 Å². The molecule has 27 heavy (non-hydrogen) atoms. The molecular formula is C21H21NO5. The molecule has 6 heteroatoms. The van der Waals surface area contributed by atoms with E-state index in [1.165, 1.54) is 0 Å². The second-order valence-corrected chi connectivity index (χ2v) is 6.13. The van der Waals surface area contributed by atoms with Gasteiger partial charge >= 0.3 is 5.97 Å². The first-order valence-electron chi connectivity index (χ1n) is 8.67. The van der Waals surface area contributed by atoms with Crippen LogP contribution in [0.5, 0.6) is 11.5 Å². The average molecular weight is 367 g/mol. The Bertz CT molecular complexity index is 958. The lowest BCUT2D eigenvalue weighted by molar-refractivity contribution is -0.138. The van der Waals surface area contributed by atoms with Gasteiger partial charge in [0.05, 0.1) is 19.6 Å². The zero-order valence-electron chi connectivity index (χ0n) is 15.2. The normalized spacial score (nSPS) is 11.9. The maximum absolute atomic E-state index is 12.6. The van der Waals surface area contributed by atoms with Crippen LogP contribution in [0.3, 0.4) is 0 Å². The van der Waals surface area contributed by atoms with E-state index in [1.54, 1.807) is 55.8 Å². The third-order valence-electron chi connectivity index (χ3n) is 4.47. The van der Waals surface area contributed by atoms with E-state index in [1.807, 2.05) is 6.92 Å². The van der Waals surface area contributed by atoms with E-state index < -0.39 is 11.9 Å². The van der Waals surface area contributed by atoms with Gasteiger partial charge in [-0.1, -0.05) is 0 Å². The number of carboxylic acid groups (broad SMARTS) is 1. The number of carbonyl (C=O) groups is 2. The van der Waals surface area contributed by atoms with Gasteiger partial charge in [-0.2, -0.15) is 0 Å². The first-order valence-corrected chi connectivity index (χ1v) is 8.67. The van der Waals surface area contributed by atoms with Crippen LogP contribution in [0.1, 0.15) is 35.2 Å². The Morgan fingerprint density at radius 3 is 2.44 bits per heavy atom. The SMILES string of the molecule is CCOc1ccc(C(=O)CC(C(=O)O)c2c[nH]c3cc(OC)ccc23)cc1. The molecule has 0 fully saturated rings. The number of Topliss-reactive ketones (excluding diaryl/α,β-unsaturated/α-hetero) is 1. The van der Waals surface area contributed by atoms with Gasteiger partial charge in [0.2, 0.25) is 0 Å². The number of fused-ring (bicyclic) bond motifs is 1. The van der Waals surface area contributed by atoms with Gasteiger partial charge in [-0.05, 0) is 48.9 Å². The van der Waals surface area contributed by atoms with Crippen LogP contribution in [0.25, 0.3) is 10.9 Å². The molecule has 0 amide bonds. The fraction of sp³-hybridized carbons (Fsp3) is 0.238. The van der Waals surface area contributed by atoms with Gasteiger partial charge < -0.3 is 19.6 Å². The van der Waals surface area contributed by atoms with Gasteiger partial charge in [0.25, 0.3) is 0 Å². The Morgan fingerprint density at radius 1 is 1.11 bits per heavy atom. The molecule has 1 aromatic heterocycles. The molecule has 2 N–H and O–H groups in total. The van der Waals surface area contributed by atoms with E-state index in [0.717, 1.165) is 10.9 Å². The van der Waals surface area contributed by atoms with Crippen LogP contribution in [-0.2, 0) is 4.79 Å². The Hall–Kier alpha value is -3.28. The van der Waals surface area contributed by atoms with E-state index in [-0.39, 0.29) is 12.2 Å². The minimum Gasteiger partial charge on any atom is -0.497 e. The van der Waals surface area contributed by atoms with Crippen LogP contribution in [0.15, 0.2) is 48.7 Å². The van der Waals surface area contributed by atoms with Crippen molar-refractivity contribution in [3.8, 4) is 11.5 Å². The summed E-state index contributed by atoms with van der Waals surface area (Å²) in [7, 11) is 1.57. The molecule has 6 nitrogen and oxygen atoms in total. The summed E-state index contributed by atoms with van der Waals surface area (Å²) in [4.78, 5) is 27.5. The number of ketones is 1. The number of H-pyrrole nitrogens is 1. The number of carboxylic acids is 1. The second kappa shape index (κ2) is 7.95. The molecule has 3 aromatic rings. The molecule has 0 aliphatic heterocycles. The fourth-order valence-corrected chi connectivity index (χ4v) is 3.08. The lowest BCUT2D eigenvalue weighted by Crippen LogP contribution is -2.16. The van der Waals surface area contributed by atoms with Crippen molar-refractivity contribution in [2.75, 3.05) is 13.7 Å². The quantitative estimate of drug-likeness (QED) is 0.587. The molecule has 0 saturated carbocycles. The van der Waals surface area contributed by atoms with E-state index in [0.29, 0.717) is 29.2 Å². The maximum atomic E-state index is 12.6. The first kappa shape index (κ1) is 18.5. The summed E-state index contributed by atoms with van der Waals surface area (Å²) in [6, 6.07) is 12.1. The first-order chi connectivity index (χ1) is 13.0. The molecular weight excluding hydrogens is 346 g/mol. The number of rotatable bonds is 8. The maximum Gasteiger partial charge on any atom is 0.311 e. The van der Waals surface area contributed by atoms with E-state index in [2.05, 4.69) is 4.98 Å².